The summed E-state index contributed by atoms with van der Waals surface area (Å²) in [5.41, 5.74) is -1.62. The van der Waals surface area contributed by atoms with Crippen LogP contribution in [0.2, 0.25) is 0 Å². The summed E-state index contributed by atoms with van der Waals surface area (Å²) in [5.74, 6) is 0. The highest BCUT2D eigenvalue weighted by molar-refractivity contribution is 7.16. The van der Waals surface area contributed by atoms with E-state index in [1.165, 1.54) is 36.4 Å². The van der Waals surface area contributed by atoms with Crippen LogP contribution in [0.25, 0.3) is 77.9 Å². The van der Waals surface area contributed by atoms with Crippen LogP contribution in [-0.4, -0.2) is 0 Å². The zero-order valence-electron chi connectivity index (χ0n) is 34.3. The van der Waals surface area contributed by atoms with Crippen LogP contribution in [0.5, 0.6) is 0 Å². The van der Waals surface area contributed by atoms with Gasteiger partial charge in [0.05, 0.1) is 22.3 Å². The van der Waals surface area contributed by atoms with Crippen molar-refractivity contribution in [2.45, 2.75) is 24.7 Å². The third-order valence-electron chi connectivity index (χ3n) is 11.8. The van der Waals surface area contributed by atoms with E-state index in [0.717, 1.165) is 84.1 Å². The number of halogens is 12. The van der Waals surface area contributed by atoms with E-state index in [-0.39, 0.29) is 87.7 Å². The highest BCUT2D eigenvalue weighted by Gasteiger charge is 2.41. The summed E-state index contributed by atoms with van der Waals surface area (Å²) in [6.07, 6.45) is -18.9. The average Bonchev–Trinajstić information content (AvgIpc) is 3.94. The van der Waals surface area contributed by atoms with E-state index >= 15 is 0 Å². The van der Waals surface area contributed by atoms with Crippen molar-refractivity contribution in [2.75, 3.05) is 0 Å². The van der Waals surface area contributed by atoms with Gasteiger partial charge in [-0.15, -0.1) is 11.3 Å². The molecular weight excluding hydrogens is 941 g/mol. The lowest BCUT2D eigenvalue weighted by Gasteiger charge is -2.17. The van der Waals surface area contributed by atoms with Crippen molar-refractivity contribution in [3.05, 3.63) is 176 Å². The Balaban J connectivity index is 1.38. The third kappa shape index (κ3) is 7.77. The van der Waals surface area contributed by atoms with E-state index in [2.05, 4.69) is 0 Å². The summed E-state index contributed by atoms with van der Waals surface area (Å²) in [6, 6.07) is 29.4. The van der Waals surface area contributed by atoms with Gasteiger partial charge in [0.25, 0.3) is 0 Å². The molecule has 69 heavy (non-hydrogen) atoms. The molecule has 0 saturated heterocycles. The van der Waals surface area contributed by atoms with Gasteiger partial charge in [0.15, 0.2) is 0 Å². The minimum Gasteiger partial charge on any atom is -0.192 e. The Morgan fingerprint density at radius 1 is 0.319 bits per heavy atom. The fraction of sp³-hybridized carbons (Fsp3) is 0.0769. The smallest absolute Gasteiger partial charge is 0.192 e. The van der Waals surface area contributed by atoms with Crippen molar-refractivity contribution in [3.63, 3.8) is 0 Å². The van der Waals surface area contributed by atoms with Crippen LogP contribution in [0.15, 0.2) is 132 Å². The van der Waals surface area contributed by atoms with Gasteiger partial charge in [0.1, 0.15) is 35.4 Å². The predicted octanol–water partition coefficient (Wildman–Crippen LogP) is 16.2. The average molecular weight is 961 g/mol. The Bertz CT molecular complexity index is 3280. The molecule has 0 atom stereocenters. The molecule has 0 aliphatic heterocycles. The van der Waals surface area contributed by atoms with Crippen molar-refractivity contribution >= 4 is 22.5 Å². The zero-order chi connectivity index (χ0) is 49.5. The summed E-state index contributed by atoms with van der Waals surface area (Å²) in [7, 11) is 0. The second-order valence-electron chi connectivity index (χ2n) is 15.6. The van der Waals surface area contributed by atoms with Crippen LogP contribution in [-0.2, 0) is 24.7 Å². The molecule has 7 aromatic rings. The van der Waals surface area contributed by atoms with Gasteiger partial charge in [-0.05, 0) is 140 Å². The van der Waals surface area contributed by atoms with Crippen LogP contribution in [0.4, 0.5) is 52.7 Å². The maximum Gasteiger partial charge on any atom is 0.416 e. The molecule has 9 rings (SSSR count). The molecule has 0 bridgehead atoms. The Kier molecular flexibility index (Phi) is 10.7. The van der Waals surface area contributed by atoms with Crippen LogP contribution < -0.4 is 0 Å². The zero-order valence-corrected chi connectivity index (χ0v) is 35.1. The number of hydrogen-bond donors (Lipinski definition) is 0. The summed E-state index contributed by atoms with van der Waals surface area (Å²) in [6.45, 7) is 0. The molecule has 338 valence electrons. The number of nitriles is 4. The van der Waals surface area contributed by atoms with Crippen molar-refractivity contribution in [3.8, 4) is 91.0 Å². The molecule has 0 spiro atoms. The summed E-state index contributed by atoms with van der Waals surface area (Å²) in [5, 5.41) is 41.4. The summed E-state index contributed by atoms with van der Waals surface area (Å²) in [4.78, 5) is 0.523. The fourth-order valence-electron chi connectivity index (χ4n) is 8.65. The van der Waals surface area contributed by atoms with Gasteiger partial charge in [0, 0.05) is 32.0 Å². The molecular formula is C52H20F12N4S. The number of rotatable bonds is 4. The van der Waals surface area contributed by atoms with Crippen LogP contribution >= 0.6 is 11.3 Å². The number of allylic oxidation sites excluding steroid dienone is 2. The van der Waals surface area contributed by atoms with E-state index in [9.17, 15) is 73.7 Å². The van der Waals surface area contributed by atoms with Gasteiger partial charge in [-0.3, -0.25) is 0 Å². The topological polar surface area (TPSA) is 95.2 Å². The third-order valence-corrected chi connectivity index (χ3v) is 13.0. The second kappa shape index (κ2) is 16.2. The first-order valence-electron chi connectivity index (χ1n) is 19.9. The molecule has 0 N–H and O–H groups in total. The Morgan fingerprint density at radius 3 is 0.739 bits per heavy atom. The molecule has 0 unspecified atom stereocenters. The number of nitrogens with zero attached hydrogens (tertiary/aromatic N) is 4. The Morgan fingerprint density at radius 2 is 0.536 bits per heavy atom. The van der Waals surface area contributed by atoms with E-state index in [1.54, 1.807) is 12.1 Å². The normalized spacial score (nSPS) is 12.8. The van der Waals surface area contributed by atoms with Crippen molar-refractivity contribution in [1.82, 2.24) is 0 Å². The molecule has 6 aromatic carbocycles. The lowest BCUT2D eigenvalue weighted by atomic mass is 9.86. The minimum atomic E-state index is -4.74. The molecule has 4 nitrogen and oxygen atoms in total. The maximum absolute atomic E-state index is 13.8. The first-order chi connectivity index (χ1) is 32.6. The van der Waals surface area contributed by atoms with Gasteiger partial charge in [-0.25, -0.2) is 0 Å². The monoisotopic (exact) mass is 960 g/mol. The quantitative estimate of drug-likeness (QED) is 0.130. The Labute approximate surface area is 386 Å². The highest BCUT2D eigenvalue weighted by atomic mass is 32.1. The largest absolute Gasteiger partial charge is 0.416 e. The first-order valence-corrected chi connectivity index (χ1v) is 20.7. The van der Waals surface area contributed by atoms with E-state index in [0.29, 0.717) is 11.1 Å². The molecule has 0 amide bonds. The van der Waals surface area contributed by atoms with Crippen LogP contribution in [0.3, 0.4) is 0 Å². The number of thiophene rings is 1. The summed E-state index contributed by atoms with van der Waals surface area (Å²) >= 11 is 0.964. The molecule has 2 aliphatic rings. The van der Waals surface area contributed by atoms with Gasteiger partial charge in [0.2, 0.25) is 0 Å². The van der Waals surface area contributed by atoms with Gasteiger partial charge >= 0.3 is 24.7 Å². The molecule has 0 radical (unpaired) electrons. The van der Waals surface area contributed by atoms with Gasteiger partial charge in [-0.1, -0.05) is 48.5 Å². The minimum absolute atomic E-state index is 0.0530. The molecule has 1 aromatic heterocycles. The van der Waals surface area contributed by atoms with Crippen LogP contribution in [0, 0.1) is 45.3 Å². The molecule has 17 heteroatoms. The standard InChI is InChI=1S/C52H20F12N4S/c53-49(54,55)31-9-1-25(2-10-31)35-17-39-41(19-37(35)27-5-13-33(14-6-27)51(59,60)61)45-46-42-20-38(28-7-15-34(16-8-28)52(62,63)64)36(26-3-11-32(12-4-26)50(56,57)58)18-40(42)44(30(23-67)24-68)48(46)69-47(45)43(39)29(21-65)22-66/h1-20H. The predicted molar refractivity (Wildman–Crippen MR) is 231 cm³/mol. The summed E-state index contributed by atoms with van der Waals surface area (Å²) < 4.78 is 165. The number of fused-ring (bicyclic) bond motifs is 7. The number of hydrogen-bond acceptors (Lipinski definition) is 5. The molecule has 1 heterocycles. The second-order valence-corrected chi connectivity index (χ2v) is 16.7. The lowest BCUT2D eigenvalue weighted by Crippen LogP contribution is -2.04. The molecule has 0 fully saturated rings. The van der Waals surface area contributed by atoms with Crippen molar-refractivity contribution in [1.29, 1.82) is 21.0 Å². The SMILES string of the molecule is N#CC(C#N)=C1c2cc(-c3ccc(C(F)(F)F)cc3)c(-c3ccc(C(F)(F)F)cc3)cc2-c2c1sc1c2-c2cc(-c3ccc(C(F)(F)F)cc3)c(-c3ccc(C(F)(F)F)cc3)cc2C1=C(C#N)C#N. The number of alkyl halides is 12. The highest BCUT2D eigenvalue weighted by Crippen LogP contribution is 2.63. The fourth-order valence-corrected chi connectivity index (χ4v) is 10.1. The van der Waals surface area contributed by atoms with Crippen LogP contribution in [0.1, 0.15) is 43.1 Å². The van der Waals surface area contributed by atoms with E-state index in [4.69, 9.17) is 0 Å². The van der Waals surface area contributed by atoms with Crippen molar-refractivity contribution in [2.24, 2.45) is 0 Å². The van der Waals surface area contributed by atoms with Crippen molar-refractivity contribution < 1.29 is 52.7 Å². The molecule has 0 saturated carbocycles. The maximum atomic E-state index is 13.8. The molecule has 2 aliphatic carbocycles. The Hall–Kier alpha value is -8.38. The lowest BCUT2D eigenvalue weighted by molar-refractivity contribution is -0.138. The first kappa shape index (κ1) is 45.8. The van der Waals surface area contributed by atoms with E-state index < -0.39 is 58.1 Å². The van der Waals surface area contributed by atoms with Gasteiger partial charge < -0.3 is 0 Å². The van der Waals surface area contributed by atoms with Gasteiger partial charge in [-0.2, -0.15) is 73.7 Å². The number of benzene rings is 6. The van der Waals surface area contributed by atoms with E-state index in [1.807, 2.05) is 24.3 Å².